The molecule has 1 aliphatic rings. The molecule has 1 saturated heterocycles. The Kier molecular flexibility index (Phi) is 3.63. The minimum atomic E-state index is -3.83. The summed E-state index contributed by atoms with van der Waals surface area (Å²) in [5, 5.41) is 2.85. The lowest BCUT2D eigenvalue weighted by Gasteiger charge is -2.23. The van der Waals surface area contributed by atoms with Gasteiger partial charge in [-0.3, -0.25) is 4.79 Å². The van der Waals surface area contributed by atoms with Crippen LogP contribution in [-0.4, -0.2) is 37.6 Å². The molecule has 19 heavy (non-hydrogen) atoms. The van der Waals surface area contributed by atoms with Crippen molar-refractivity contribution < 1.29 is 17.9 Å². The third kappa shape index (κ3) is 3.10. The minimum Gasteiger partial charge on any atom is -0.379 e. The van der Waals surface area contributed by atoms with E-state index in [1.165, 1.54) is 16.8 Å². The van der Waals surface area contributed by atoms with E-state index in [1.54, 1.807) is 7.05 Å². The summed E-state index contributed by atoms with van der Waals surface area (Å²) in [6, 6.07) is 1.26. The van der Waals surface area contributed by atoms with Gasteiger partial charge in [0.25, 0.3) is 15.0 Å². The van der Waals surface area contributed by atoms with Gasteiger partial charge in [0.05, 0.1) is 12.1 Å². The van der Waals surface area contributed by atoms with Gasteiger partial charge in [-0.05, 0) is 19.4 Å². The molecule has 1 aromatic rings. The van der Waals surface area contributed by atoms with Gasteiger partial charge in [-0.1, -0.05) is 0 Å². The van der Waals surface area contributed by atoms with Gasteiger partial charge in [0.2, 0.25) is 0 Å². The van der Waals surface area contributed by atoms with Crippen molar-refractivity contribution in [3.05, 3.63) is 18.0 Å². The highest BCUT2D eigenvalue weighted by Gasteiger charge is 2.32. The first-order valence-corrected chi connectivity index (χ1v) is 8.03. The number of carbonyl (C=O) groups excluding carboxylic acids is 1. The first-order chi connectivity index (χ1) is 8.71. The zero-order chi connectivity index (χ0) is 14.3. The van der Waals surface area contributed by atoms with E-state index >= 15 is 0 Å². The SMILES string of the molecule is Cn1cc(S(=O)(=O)Cl)cc1C(=O)NC1(C)CCOC1. The second-order valence-corrected chi connectivity index (χ2v) is 7.49. The molecule has 1 aliphatic heterocycles. The molecular formula is C11H15ClN2O4S. The van der Waals surface area contributed by atoms with Gasteiger partial charge >= 0.3 is 0 Å². The zero-order valence-electron chi connectivity index (χ0n) is 10.6. The van der Waals surface area contributed by atoms with Crippen molar-refractivity contribution in [2.75, 3.05) is 13.2 Å². The fourth-order valence-electron chi connectivity index (χ4n) is 2.00. The summed E-state index contributed by atoms with van der Waals surface area (Å²) in [4.78, 5) is 12.1. The predicted molar refractivity (Wildman–Crippen MR) is 69.8 cm³/mol. The lowest BCUT2D eigenvalue weighted by Crippen LogP contribution is -2.46. The highest BCUT2D eigenvalue weighted by Crippen LogP contribution is 2.21. The molecular weight excluding hydrogens is 292 g/mol. The monoisotopic (exact) mass is 306 g/mol. The van der Waals surface area contributed by atoms with Crippen LogP contribution in [0.1, 0.15) is 23.8 Å². The Morgan fingerprint density at radius 1 is 1.58 bits per heavy atom. The van der Waals surface area contributed by atoms with Gasteiger partial charge in [-0.25, -0.2) is 8.42 Å². The number of ether oxygens (including phenoxy) is 1. The lowest BCUT2D eigenvalue weighted by molar-refractivity contribution is 0.0881. The van der Waals surface area contributed by atoms with Crippen molar-refractivity contribution in [1.29, 1.82) is 0 Å². The van der Waals surface area contributed by atoms with Crippen molar-refractivity contribution in [3.63, 3.8) is 0 Å². The van der Waals surface area contributed by atoms with Crippen LogP contribution in [0.4, 0.5) is 0 Å². The van der Waals surface area contributed by atoms with E-state index in [0.717, 1.165) is 6.42 Å². The fraction of sp³-hybridized carbons (Fsp3) is 0.545. The zero-order valence-corrected chi connectivity index (χ0v) is 12.2. The van der Waals surface area contributed by atoms with Crippen molar-refractivity contribution in [2.45, 2.75) is 23.8 Å². The van der Waals surface area contributed by atoms with Crippen LogP contribution in [0.3, 0.4) is 0 Å². The van der Waals surface area contributed by atoms with Crippen LogP contribution < -0.4 is 5.32 Å². The van der Waals surface area contributed by atoms with Crippen LogP contribution in [0.25, 0.3) is 0 Å². The molecule has 1 aromatic heterocycles. The largest absolute Gasteiger partial charge is 0.379 e. The summed E-state index contributed by atoms with van der Waals surface area (Å²) in [5.74, 6) is -0.345. The van der Waals surface area contributed by atoms with Crippen molar-refractivity contribution in [1.82, 2.24) is 9.88 Å². The number of hydrogen-bond donors (Lipinski definition) is 1. The number of halogens is 1. The third-order valence-electron chi connectivity index (χ3n) is 3.13. The molecule has 1 amide bonds. The van der Waals surface area contributed by atoms with Gasteiger partial charge in [-0.2, -0.15) is 0 Å². The van der Waals surface area contributed by atoms with E-state index in [2.05, 4.69) is 5.32 Å². The Hall–Kier alpha value is -1.05. The van der Waals surface area contributed by atoms with Crippen LogP contribution in [0.15, 0.2) is 17.2 Å². The molecule has 1 N–H and O–H groups in total. The summed E-state index contributed by atoms with van der Waals surface area (Å²) in [5.41, 5.74) is -0.172. The maximum atomic E-state index is 12.1. The number of amides is 1. The van der Waals surface area contributed by atoms with Crippen LogP contribution in [0.5, 0.6) is 0 Å². The number of carbonyl (C=O) groups is 1. The molecule has 1 unspecified atom stereocenters. The molecule has 8 heteroatoms. The van der Waals surface area contributed by atoms with E-state index in [0.29, 0.717) is 13.2 Å². The molecule has 0 aromatic carbocycles. The Morgan fingerprint density at radius 3 is 2.74 bits per heavy atom. The fourth-order valence-corrected chi connectivity index (χ4v) is 2.79. The Balaban J connectivity index is 2.22. The standard InChI is InChI=1S/C11H15ClN2O4S/c1-11(3-4-18-7-11)13-10(15)9-5-8(6-14(9)2)19(12,16)17/h5-6H,3-4,7H2,1-2H3,(H,13,15). The number of rotatable bonds is 3. The van der Waals surface area contributed by atoms with Gasteiger partial charge in [0, 0.05) is 30.5 Å². The van der Waals surface area contributed by atoms with E-state index in [9.17, 15) is 13.2 Å². The number of nitrogens with zero attached hydrogens (tertiary/aromatic N) is 1. The molecule has 0 spiro atoms. The van der Waals surface area contributed by atoms with Gasteiger partial charge in [-0.15, -0.1) is 0 Å². The molecule has 1 fully saturated rings. The minimum absolute atomic E-state index is 0.0883. The van der Waals surface area contributed by atoms with Gasteiger partial charge in [0.15, 0.2) is 0 Å². The maximum Gasteiger partial charge on any atom is 0.268 e. The van der Waals surface area contributed by atoms with E-state index in [-0.39, 0.29) is 16.5 Å². The number of nitrogens with one attached hydrogen (secondary N) is 1. The molecule has 106 valence electrons. The Bertz CT molecular complexity index is 602. The van der Waals surface area contributed by atoms with E-state index in [4.69, 9.17) is 15.4 Å². The van der Waals surface area contributed by atoms with Crippen LogP contribution in [-0.2, 0) is 20.8 Å². The summed E-state index contributed by atoms with van der Waals surface area (Å²) < 4.78 is 29.1. The van der Waals surface area contributed by atoms with E-state index < -0.39 is 14.6 Å². The number of hydrogen-bond acceptors (Lipinski definition) is 4. The van der Waals surface area contributed by atoms with Crippen LogP contribution in [0, 0.1) is 0 Å². The summed E-state index contributed by atoms with van der Waals surface area (Å²) in [6.07, 6.45) is 2.04. The topological polar surface area (TPSA) is 77.4 Å². The molecule has 2 rings (SSSR count). The second-order valence-electron chi connectivity index (χ2n) is 4.93. The highest BCUT2D eigenvalue weighted by molar-refractivity contribution is 8.13. The molecule has 0 bridgehead atoms. The summed E-state index contributed by atoms with van der Waals surface area (Å²) in [6.45, 7) is 2.94. The van der Waals surface area contributed by atoms with Gasteiger partial charge in [0.1, 0.15) is 10.6 Å². The molecule has 1 atom stereocenters. The average molecular weight is 307 g/mol. The maximum absolute atomic E-state index is 12.1. The first kappa shape index (κ1) is 14.4. The predicted octanol–water partition coefficient (Wildman–Crippen LogP) is 0.861. The Morgan fingerprint density at radius 2 is 2.26 bits per heavy atom. The molecule has 0 aliphatic carbocycles. The molecule has 2 heterocycles. The average Bonchev–Trinajstić information content (AvgIpc) is 2.84. The summed E-state index contributed by atoms with van der Waals surface area (Å²) in [7, 11) is 3.01. The number of aromatic nitrogens is 1. The lowest BCUT2D eigenvalue weighted by atomic mass is 10.0. The van der Waals surface area contributed by atoms with Crippen molar-refractivity contribution in [3.8, 4) is 0 Å². The second kappa shape index (κ2) is 4.81. The normalized spacial score (nSPS) is 23.5. The third-order valence-corrected chi connectivity index (χ3v) is 4.45. The molecule has 0 radical (unpaired) electrons. The van der Waals surface area contributed by atoms with Crippen molar-refractivity contribution in [2.24, 2.45) is 7.05 Å². The first-order valence-electron chi connectivity index (χ1n) is 5.73. The Labute approximate surface area is 116 Å². The molecule has 6 nitrogen and oxygen atoms in total. The van der Waals surface area contributed by atoms with E-state index in [1.807, 2.05) is 6.92 Å². The molecule has 0 saturated carbocycles. The smallest absolute Gasteiger partial charge is 0.268 e. The highest BCUT2D eigenvalue weighted by atomic mass is 35.7. The number of aryl methyl sites for hydroxylation is 1. The van der Waals surface area contributed by atoms with Crippen LogP contribution in [0.2, 0.25) is 0 Å². The van der Waals surface area contributed by atoms with Gasteiger partial charge < -0.3 is 14.6 Å². The van der Waals surface area contributed by atoms with Crippen molar-refractivity contribution >= 4 is 25.6 Å². The summed E-state index contributed by atoms with van der Waals surface area (Å²) >= 11 is 0. The quantitative estimate of drug-likeness (QED) is 0.840. The van der Waals surface area contributed by atoms with Crippen LogP contribution >= 0.6 is 10.7 Å².